The third kappa shape index (κ3) is 3.87. The molecule has 1 aliphatic rings. The van der Waals surface area contributed by atoms with Gasteiger partial charge >= 0.3 is 0 Å². The molecule has 0 heterocycles. The first-order valence-corrected chi connectivity index (χ1v) is 6.85. The topological polar surface area (TPSA) is 89.3 Å². The molecule has 2 rings (SSSR count). The number of Topliss-reactive ketones (excluding diaryl/α,β-unsaturated/α-hetero) is 1. The number of ketones is 1. The normalized spacial score (nSPS) is 19.9. The number of hydrogen-bond donors (Lipinski definition) is 2. The number of amides is 2. The summed E-state index contributed by atoms with van der Waals surface area (Å²) >= 11 is 0. The number of nitrogens with two attached hydrogens (primary N) is 1. The van der Waals surface area contributed by atoms with Crippen LogP contribution in [-0.4, -0.2) is 23.6 Å². The molecule has 3 N–H and O–H groups in total. The van der Waals surface area contributed by atoms with Crippen LogP contribution >= 0.6 is 0 Å². The van der Waals surface area contributed by atoms with Crippen LogP contribution in [0.4, 0.5) is 4.39 Å². The van der Waals surface area contributed by atoms with E-state index >= 15 is 0 Å². The number of halogens is 1. The Bertz CT molecular complexity index is 557. The Morgan fingerprint density at radius 3 is 2.52 bits per heavy atom. The fourth-order valence-electron chi connectivity index (χ4n) is 2.59. The molecule has 1 aromatic rings. The van der Waals surface area contributed by atoms with Gasteiger partial charge in [0.2, 0.25) is 5.91 Å². The molecule has 1 saturated carbocycles. The van der Waals surface area contributed by atoms with E-state index in [0.29, 0.717) is 19.3 Å². The SMILES string of the molecule is NC(=O)[C@@H](NC(=O)c1ccc(F)cc1)[C@@H]1CCCC(=O)C1. The summed E-state index contributed by atoms with van der Waals surface area (Å²) in [6, 6.07) is 4.10. The molecule has 1 aliphatic carbocycles. The Balaban J connectivity index is 2.08. The van der Waals surface area contributed by atoms with Crippen molar-refractivity contribution in [3.63, 3.8) is 0 Å². The van der Waals surface area contributed by atoms with Crippen LogP contribution in [-0.2, 0) is 9.59 Å². The van der Waals surface area contributed by atoms with Crippen molar-refractivity contribution >= 4 is 17.6 Å². The molecule has 0 spiro atoms. The van der Waals surface area contributed by atoms with Gasteiger partial charge in [0.15, 0.2) is 0 Å². The van der Waals surface area contributed by atoms with Crippen LogP contribution in [0.25, 0.3) is 0 Å². The lowest BCUT2D eigenvalue weighted by atomic mass is 9.82. The van der Waals surface area contributed by atoms with E-state index in [-0.39, 0.29) is 23.7 Å². The second-order valence-electron chi connectivity index (χ2n) is 5.26. The second-order valence-corrected chi connectivity index (χ2v) is 5.26. The Morgan fingerprint density at radius 1 is 1.29 bits per heavy atom. The Morgan fingerprint density at radius 2 is 1.95 bits per heavy atom. The average Bonchev–Trinajstić information content (AvgIpc) is 2.45. The highest BCUT2D eigenvalue weighted by molar-refractivity contribution is 5.97. The third-order valence-corrected chi connectivity index (χ3v) is 3.69. The lowest BCUT2D eigenvalue weighted by Crippen LogP contribution is -2.50. The van der Waals surface area contributed by atoms with Gasteiger partial charge in [0.1, 0.15) is 17.6 Å². The Labute approximate surface area is 121 Å². The van der Waals surface area contributed by atoms with E-state index in [1.54, 1.807) is 0 Å². The molecule has 0 unspecified atom stereocenters. The average molecular weight is 292 g/mol. The van der Waals surface area contributed by atoms with E-state index in [1.165, 1.54) is 24.3 Å². The van der Waals surface area contributed by atoms with Crippen molar-refractivity contribution in [2.45, 2.75) is 31.7 Å². The minimum atomic E-state index is -0.883. The van der Waals surface area contributed by atoms with Gasteiger partial charge in [-0.25, -0.2) is 4.39 Å². The van der Waals surface area contributed by atoms with Crippen LogP contribution in [0.15, 0.2) is 24.3 Å². The minimum absolute atomic E-state index is 0.0773. The molecule has 0 aromatic heterocycles. The van der Waals surface area contributed by atoms with E-state index < -0.39 is 23.7 Å². The molecule has 0 bridgehead atoms. The van der Waals surface area contributed by atoms with Gasteiger partial charge < -0.3 is 11.1 Å². The number of rotatable bonds is 4. The molecule has 0 aliphatic heterocycles. The molecular weight excluding hydrogens is 275 g/mol. The number of nitrogens with one attached hydrogen (secondary N) is 1. The summed E-state index contributed by atoms with van der Waals surface area (Å²) in [7, 11) is 0. The van der Waals surface area contributed by atoms with Crippen molar-refractivity contribution in [1.29, 1.82) is 0 Å². The molecule has 21 heavy (non-hydrogen) atoms. The van der Waals surface area contributed by atoms with Crippen LogP contribution in [0, 0.1) is 11.7 Å². The molecule has 112 valence electrons. The lowest BCUT2D eigenvalue weighted by Gasteiger charge is -2.28. The van der Waals surface area contributed by atoms with Crippen LogP contribution in [0.1, 0.15) is 36.0 Å². The minimum Gasteiger partial charge on any atom is -0.368 e. The highest BCUT2D eigenvalue weighted by Gasteiger charge is 2.32. The third-order valence-electron chi connectivity index (χ3n) is 3.69. The predicted molar refractivity (Wildman–Crippen MR) is 73.8 cm³/mol. The standard InChI is InChI=1S/C15H17FN2O3/c16-11-6-4-9(5-7-11)15(21)18-13(14(17)20)10-2-1-3-12(19)8-10/h4-7,10,13H,1-3,8H2,(H2,17,20)(H,18,21)/t10-,13+/m1/s1. The number of carbonyl (C=O) groups is 3. The van der Waals surface area contributed by atoms with Gasteiger partial charge in [0, 0.05) is 18.4 Å². The van der Waals surface area contributed by atoms with Crippen LogP contribution < -0.4 is 11.1 Å². The molecule has 0 radical (unpaired) electrons. The van der Waals surface area contributed by atoms with Gasteiger partial charge in [-0.15, -0.1) is 0 Å². The quantitative estimate of drug-likeness (QED) is 0.873. The summed E-state index contributed by atoms with van der Waals surface area (Å²) in [6.45, 7) is 0. The lowest BCUT2D eigenvalue weighted by molar-refractivity contribution is -0.124. The maximum absolute atomic E-state index is 12.8. The van der Waals surface area contributed by atoms with Crippen LogP contribution in [0.2, 0.25) is 0 Å². The monoisotopic (exact) mass is 292 g/mol. The Kier molecular flexibility index (Phi) is 4.67. The van der Waals surface area contributed by atoms with Gasteiger partial charge in [-0.3, -0.25) is 14.4 Å². The van der Waals surface area contributed by atoms with Gasteiger partial charge in [-0.1, -0.05) is 0 Å². The summed E-state index contributed by atoms with van der Waals surface area (Å²) in [5, 5.41) is 2.55. The van der Waals surface area contributed by atoms with Crippen molar-refractivity contribution in [2.24, 2.45) is 11.7 Å². The van der Waals surface area contributed by atoms with E-state index in [2.05, 4.69) is 5.32 Å². The van der Waals surface area contributed by atoms with Crippen LogP contribution in [0.5, 0.6) is 0 Å². The van der Waals surface area contributed by atoms with Crippen molar-refractivity contribution in [3.8, 4) is 0 Å². The Hall–Kier alpha value is -2.24. The molecule has 2 atom stereocenters. The maximum atomic E-state index is 12.8. The van der Waals surface area contributed by atoms with Crippen LogP contribution in [0.3, 0.4) is 0 Å². The van der Waals surface area contributed by atoms with Crippen molar-refractivity contribution < 1.29 is 18.8 Å². The highest BCUT2D eigenvalue weighted by atomic mass is 19.1. The molecule has 2 amide bonds. The fourth-order valence-corrected chi connectivity index (χ4v) is 2.59. The number of carbonyl (C=O) groups excluding carboxylic acids is 3. The fraction of sp³-hybridized carbons (Fsp3) is 0.400. The van der Waals surface area contributed by atoms with E-state index in [1.807, 2.05) is 0 Å². The molecule has 6 heteroatoms. The van der Waals surface area contributed by atoms with Gasteiger partial charge in [-0.05, 0) is 43.0 Å². The van der Waals surface area contributed by atoms with Gasteiger partial charge in [0.05, 0.1) is 0 Å². The van der Waals surface area contributed by atoms with E-state index in [9.17, 15) is 18.8 Å². The molecule has 1 aromatic carbocycles. The summed E-state index contributed by atoms with van der Waals surface area (Å²) in [5.41, 5.74) is 5.58. The molecule has 1 fully saturated rings. The highest BCUT2D eigenvalue weighted by Crippen LogP contribution is 2.24. The summed E-state index contributed by atoms with van der Waals surface area (Å²) in [4.78, 5) is 35.1. The molecular formula is C15H17FN2O3. The summed E-state index contributed by atoms with van der Waals surface area (Å²) in [6.07, 6.45) is 2.12. The maximum Gasteiger partial charge on any atom is 0.251 e. The van der Waals surface area contributed by atoms with E-state index in [0.717, 1.165) is 0 Å². The smallest absolute Gasteiger partial charge is 0.251 e. The summed E-state index contributed by atoms with van der Waals surface area (Å²) < 4.78 is 12.8. The molecule has 0 saturated heterocycles. The zero-order chi connectivity index (χ0) is 15.4. The van der Waals surface area contributed by atoms with Gasteiger partial charge in [0.25, 0.3) is 5.91 Å². The van der Waals surface area contributed by atoms with Crippen molar-refractivity contribution in [2.75, 3.05) is 0 Å². The zero-order valence-electron chi connectivity index (χ0n) is 11.5. The zero-order valence-corrected chi connectivity index (χ0v) is 11.5. The van der Waals surface area contributed by atoms with Crippen molar-refractivity contribution in [1.82, 2.24) is 5.32 Å². The largest absolute Gasteiger partial charge is 0.368 e. The number of hydrogen-bond acceptors (Lipinski definition) is 3. The summed E-state index contributed by atoms with van der Waals surface area (Å²) in [5.74, 6) is -1.81. The van der Waals surface area contributed by atoms with Crippen molar-refractivity contribution in [3.05, 3.63) is 35.6 Å². The molecule has 5 nitrogen and oxygen atoms in total. The predicted octanol–water partition coefficient (Wildman–Crippen LogP) is 1.17. The second kappa shape index (κ2) is 6.47. The first kappa shape index (κ1) is 15.2. The number of benzene rings is 1. The first-order chi connectivity index (χ1) is 9.97. The first-order valence-electron chi connectivity index (χ1n) is 6.85. The number of primary amides is 1. The van der Waals surface area contributed by atoms with E-state index in [4.69, 9.17) is 5.73 Å². The van der Waals surface area contributed by atoms with Gasteiger partial charge in [-0.2, -0.15) is 0 Å².